The predicted octanol–water partition coefficient (Wildman–Crippen LogP) is 1.90. The highest BCUT2D eigenvalue weighted by Crippen LogP contribution is 2.23. The first-order valence-corrected chi connectivity index (χ1v) is 12.0. The van der Waals surface area contributed by atoms with E-state index in [0.29, 0.717) is 17.6 Å². The van der Waals surface area contributed by atoms with Crippen molar-refractivity contribution in [2.75, 3.05) is 44.2 Å². The second-order valence-electron chi connectivity index (χ2n) is 8.98. The summed E-state index contributed by atoms with van der Waals surface area (Å²) in [5, 5.41) is 2.91. The van der Waals surface area contributed by atoms with Crippen molar-refractivity contribution in [2.45, 2.75) is 26.9 Å². The molecule has 1 saturated heterocycles. The monoisotopic (exact) mass is 475 g/mol. The molecule has 3 aromatic rings. The van der Waals surface area contributed by atoms with Gasteiger partial charge in [-0.3, -0.25) is 28.4 Å². The number of nitrogens with zero attached hydrogens (tertiary/aromatic N) is 4. The third-order valence-electron chi connectivity index (χ3n) is 6.79. The molecule has 2 heterocycles. The van der Waals surface area contributed by atoms with E-state index in [1.165, 1.54) is 25.9 Å². The molecule has 8 nitrogen and oxygen atoms in total. The van der Waals surface area contributed by atoms with Crippen LogP contribution < -0.4 is 21.3 Å². The maximum absolute atomic E-state index is 12.7. The molecule has 1 fully saturated rings. The molecule has 0 spiro atoms. The molecule has 8 heteroatoms. The Morgan fingerprint density at radius 3 is 2.29 bits per heavy atom. The first kappa shape index (κ1) is 24.5. The molecule has 1 aliphatic rings. The van der Waals surface area contributed by atoms with Crippen LogP contribution in [-0.2, 0) is 17.9 Å². The minimum Gasteiger partial charge on any atom is -0.369 e. The smallest absolute Gasteiger partial charge is 0.317 e. The van der Waals surface area contributed by atoms with E-state index in [1.54, 1.807) is 30.3 Å². The normalized spacial score (nSPS) is 14.3. The van der Waals surface area contributed by atoms with Crippen LogP contribution in [0.2, 0.25) is 0 Å². The van der Waals surface area contributed by atoms with Crippen LogP contribution in [0.4, 0.5) is 5.69 Å². The van der Waals surface area contributed by atoms with Gasteiger partial charge in [0.15, 0.2) is 0 Å². The quantitative estimate of drug-likeness (QED) is 0.398. The summed E-state index contributed by atoms with van der Waals surface area (Å²) in [6.45, 7) is 13.0. The number of nitrogens with one attached hydrogen (secondary N) is 1. The molecule has 1 aliphatic heterocycles. The zero-order valence-electron chi connectivity index (χ0n) is 20.5. The summed E-state index contributed by atoms with van der Waals surface area (Å²) < 4.78 is 2.65. The van der Waals surface area contributed by atoms with Gasteiger partial charge in [-0.2, -0.15) is 0 Å². The molecule has 1 N–H and O–H groups in total. The minimum atomic E-state index is -0.705. The molecule has 0 atom stereocenters. The van der Waals surface area contributed by atoms with Crippen molar-refractivity contribution in [3.05, 3.63) is 87.0 Å². The SMILES string of the molecule is C=CCn1c(=O)c(=O)n(CC(=O)NCCN2CCN(c3cccc(C)c3C)CC2)c2ccccc21. The van der Waals surface area contributed by atoms with Crippen molar-refractivity contribution in [2.24, 2.45) is 0 Å². The highest BCUT2D eigenvalue weighted by molar-refractivity contribution is 5.80. The number of benzene rings is 2. The molecular weight excluding hydrogens is 442 g/mol. The van der Waals surface area contributed by atoms with Gasteiger partial charge in [-0.05, 0) is 43.2 Å². The van der Waals surface area contributed by atoms with Crippen molar-refractivity contribution in [1.82, 2.24) is 19.4 Å². The van der Waals surface area contributed by atoms with Crippen molar-refractivity contribution < 1.29 is 4.79 Å². The second-order valence-corrected chi connectivity index (χ2v) is 8.98. The third-order valence-corrected chi connectivity index (χ3v) is 6.79. The standard InChI is InChI=1S/C27H33N5O3/c1-4-13-31-23-9-5-6-10-24(23)32(27(35)26(31)34)19-25(33)28-12-14-29-15-17-30(18-16-29)22-11-7-8-20(2)21(22)3/h4-11H,1,12-19H2,2-3H3,(H,28,33). The van der Waals surface area contributed by atoms with Gasteiger partial charge >= 0.3 is 11.1 Å². The molecule has 0 unspecified atom stereocenters. The number of hydrogen-bond acceptors (Lipinski definition) is 5. The number of fused-ring (bicyclic) bond motifs is 1. The molecule has 1 amide bonds. The van der Waals surface area contributed by atoms with Crippen LogP contribution in [0.1, 0.15) is 11.1 Å². The lowest BCUT2D eigenvalue weighted by molar-refractivity contribution is -0.121. The lowest BCUT2D eigenvalue weighted by Crippen LogP contribution is -2.49. The number of piperazine rings is 1. The summed E-state index contributed by atoms with van der Waals surface area (Å²) in [7, 11) is 0. The van der Waals surface area contributed by atoms with E-state index < -0.39 is 11.1 Å². The van der Waals surface area contributed by atoms with E-state index in [2.05, 4.69) is 53.7 Å². The third kappa shape index (κ3) is 5.22. The van der Waals surface area contributed by atoms with Crippen LogP contribution in [0.3, 0.4) is 0 Å². The summed E-state index contributed by atoms with van der Waals surface area (Å²) >= 11 is 0. The fourth-order valence-electron chi connectivity index (χ4n) is 4.68. The summed E-state index contributed by atoms with van der Waals surface area (Å²) in [6.07, 6.45) is 1.58. The van der Waals surface area contributed by atoms with E-state index in [-0.39, 0.29) is 19.0 Å². The van der Waals surface area contributed by atoms with Gasteiger partial charge in [-0.25, -0.2) is 0 Å². The number of anilines is 1. The first-order chi connectivity index (χ1) is 16.9. The zero-order chi connectivity index (χ0) is 24.9. The Balaban J connectivity index is 1.34. The zero-order valence-corrected chi connectivity index (χ0v) is 20.5. The van der Waals surface area contributed by atoms with Crippen LogP contribution in [0.5, 0.6) is 0 Å². The number of allylic oxidation sites excluding steroid dienone is 1. The van der Waals surface area contributed by atoms with Gasteiger partial charge in [-0.15, -0.1) is 6.58 Å². The van der Waals surface area contributed by atoms with Crippen molar-refractivity contribution >= 4 is 22.6 Å². The van der Waals surface area contributed by atoms with E-state index >= 15 is 0 Å². The van der Waals surface area contributed by atoms with Gasteiger partial charge in [0.25, 0.3) is 0 Å². The number of carbonyl (C=O) groups is 1. The number of rotatable bonds is 8. The minimum absolute atomic E-state index is 0.191. The molecule has 0 aliphatic carbocycles. The molecule has 4 rings (SSSR count). The van der Waals surface area contributed by atoms with Gasteiger partial charge in [0.2, 0.25) is 5.91 Å². The van der Waals surface area contributed by atoms with Gasteiger partial charge in [0, 0.05) is 51.5 Å². The van der Waals surface area contributed by atoms with Crippen LogP contribution >= 0.6 is 0 Å². The number of para-hydroxylation sites is 2. The molecule has 184 valence electrons. The Hall–Kier alpha value is -3.65. The summed E-state index contributed by atoms with van der Waals surface area (Å²) in [6, 6.07) is 13.5. The summed E-state index contributed by atoms with van der Waals surface area (Å²) in [5.74, 6) is -0.285. The van der Waals surface area contributed by atoms with E-state index in [1.807, 2.05) is 0 Å². The van der Waals surface area contributed by atoms with Gasteiger partial charge < -0.3 is 10.2 Å². The fourth-order valence-corrected chi connectivity index (χ4v) is 4.68. The Kier molecular flexibility index (Phi) is 7.51. The molecule has 1 aromatic heterocycles. The van der Waals surface area contributed by atoms with Crippen LogP contribution in [-0.4, -0.2) is 59.2 Å². The number of aromatic nitrogens is 2. The molecule has 0 saturated carbocycles. The summed E-state index contributed by atoms with van der Waals surface area (Å²) in [4.78, 5) is 42.7. The predicted molar refractivity (Wildman–Crippen MR) is 140 cm³/mol. The van der Waals surface area contributed by atoms with Crippen LogP contribution in [0.15, 0.2) is 64.7 Å². The number of amides is 1. The van der Waals surface area contributed by atoms with E-state index in [9.17, 15) is 14.4 Å². The lowest BCUT2D eigenvalue weighted by atomic mass is 10.1. The highest BCUT2D eigenvalue weighted by Gasteiger charge is 2.19. The number of hydrogen-bond donors (Lipinski definition) is 1. The molecule has 35 heavy (non-hydrogen) atoms. The maximum atomic E-state index is 12.7. The maximum Gasteiger partial charge on any atom is 0.317 e. The van der Waals surface area contributed by atoms with Crippen molar-refractivity contribution in [3.8, 4) is 0 Å². The fraction of sp³-hybridized carbons (Fsp3) is 0.370. The van der Waals surface area contributed by atoms with Crippen molar-refractivity contribution in [1.29, 1.82) is 0 Å². The largest absolute Gasteiger partial charge is 0.369 e. The lowest BCUT2D eigenvalue weighted by Gasteiger charge is -2.37. The number of aryl methyl sites for hydroxylation is 1. The average Bonchev–Trinajstić information content (AvgIpc) is 2.87. The number of carbonyl (C=O) groups excluding carboxylic acids is 1. The second kappa shape index (κ2) is 10.7. The van der Waals surface area contributed by atoms with Gasteiger partial charge in [-0.1, -0.05) is 30.3 Å². The summed E-state index contributed by atoms with van der Waals surface area (Å²) in [5.41, 5.74) is 3.72. The highest BCUT2D eigenvalue weighted by atomic mass is 16.2. The van der Waals surface area contributed by atoms with Crippen molar-refractivity contribution in [3.63, 3.8) is 0 Å². The molecular formula is C27H33N5O3. The Labute approximate surface area is 205 Å². The average molecular weight is 476 g/mol. The first-order valence-electron chi connectivity index (χ1n) is 12.0. The van der Waals surface area contributed by atoms with E-state index in [0.717, 1.165) is 32.7 Å². The van der Waals surface area contributed by atoms with E-state index in [4.69, 9.17) is 0 Å². The topological polar surface area (TPSA) is 79.6 Å². The van der Waals surface area contributed by atoms with Crippen LogP contribution in [0.25, 0.3) is 11.0 Å². The Morgan fingerprint density at radius 1 is 0.943 bits per heavy atom. The molecule has 0 radical (unpaired) electrons. The Morgan fingerprint density at radius 2 is 1.60 bits per heavy atom. The van der Waals surface area contributed by atoms with Gasteiger partial charge in [0.05, 0.1) is 11.0 Å². The van der Waals surface area contributed by atoms with Gasteiger partial charge in [0.1, 0.15) is 6.54 Å². The molecule has 2 aromatic carbocycles. The Bertz CT molecular complexity index is 1350. The molecule has 0 bridgehead atoms. The van der Waals surface area contributed by atoms with Crippen LogP contribution in [0, 0.1) is 13.8 Å².